The molecule has 0 fully saturated rings. The predicted octanol–water partition coefficient (Wildman–Crippen LogP) is 10.8. The van der Waals surface area contributed by atoms with Gasteiger partial charge < -0.3 is 4.57 Å². The zero-order valence-corrected chi connectivity index (χ0v) is 23.0. The molecule has 0 amide bonds. The number of hydrogen-bond acceptors (Lipinski definition) is 1. The van der Waals surface area contributed by atoms with E-state index in [1.54, 1.807) is 6.07 Å². The van der Waals surface area contributed by atoms with Gasteiger partial charge in [-0.25, -0.2) is 9.69 Å². The van der Waals surface area contributed by atoms with Gasteiger partial charge in [-0.05, 0) is 99.4 Å². The van der Waals surface area contributed by atoms with Crippen molar-refractivity contribution in [3.05, 3.63) is 162 Å². The first-order valence-electron chi connectivity index (χ1n) is 13.8. The van der Waals surface area contributed by atoms with Crippen LogP contribution in [0.3, 0.4) is 0 Å². The van der Waals surface area contributed by atoms with Gasteiger partial charge in [0, 0.05) is 11.1 Å². The van der Waals surface area contributed by atoms with Gasteiger partial charge in [0.15, 0.2) is 11.4 Å². The molecule has 1 aromatic heterocycles. The minimum absolute atomic E-state index is 0.533. The second kappa shape index (κ2) is 10.5. The molecular weight excluding hydrogens is 524 g/mol. The summed E-state index contributed by atoms with van der Waals surface area (Å²) in [6.07, 6.45) is 0. The van der Waals surface area contributed by atoms with E-state index in [1.807, 2.05) is 60.7 Å². The summed E-state index contributed by atoms with van der Waals surface area (Å²) < 4.78 is 2.12. The Morgan fingerprint density at radius 2 is 1.07 bits per heavy atom. The van der Waals surface area contributed by atoms with Gasteiger partial charge >= 0.3 is 0 Å². The highest BCUT2D eigenvalue weighted by Gasteiger charge is 2.15. The maximum absolute atomic E-state index is 9.56. The zero-order valence-electron chi connectivity index (χ0n) is 23.0. The number of rotatable bonds is 4. The van der Waals surface area contributed by atoms with Crippen LogP contribution in [-0.4, -0.2) is 4.57 Å². The maximum atomic E-state index is 9.56. The van der Waals surface area contributed by atoms with Crippen molar-refractivity contribution in [1.82, 2.24) is 4.57 Å². The van der Waals surface area contributed by atoms with E-state index in [9.17, 15) is 5.26 Å². The average Bonchev–Trinajstić information content (AvgIpc) is 3.41. The molecule has 0 aliphatic carbocycles. The lowest BCUT2D eigenvalue weighted by Crippen LogP contribution is -1.94. The smallest absolute Gasteiger partial charge is 0.189 e. The van der Waals surface area contributed by atoms with Crippen LogP contribution in [0.25, 0.3) is 70.6 Å². The van der Waals surface area contributed by atoms with Crippen LogP contribution in [-0.2, 0) is 0 Å². The van der Waals surface area contributed by atoms with Crippen LogP contribution in [0.5, 0.6) is 0 Å². The highest BCUT2D eigenvalue weighted by Crippen LogP contribution is 2.38. The molecule has 0 aliphatic heterocycles. The summed E-state index contributed by atoms with van der Waals surface area (Å²) in [5.74, 6) is 0. The fraction of sp³-hybridized carbons (Fsp3) is 0. The van der Waals surface area contributed by atoms with Gasteiger partial charge in [-0.3, -0.25) is 0 Å². The lowest BCUT2D eigenvalue weighted by atomic mass is 9.96. The van der Waals surface area contributed by atoms with E-state index in [0.29, 0.717) is 16.9 Å². The molecule has 0 aliphatic rings. The largest absolute Gasteiger partial charge is 0.311 e. The first-order valence-corrected chi connectivity index (χ1v) is 13.8. The van der Waals surface area contributed by atoms with Crippen molar-refractivity contribution in [3.8, 4) is 45.1 Å². The average molecular weight is 547 g/mol. The Hall–Kier alpha value is -6.41. The SMILES string of the molecule is [C-]#[N+]c1cc(-c2cccc(-c3cccc(-c4ccccc4)c3)c2)cc(-n2c3ccc(C#N)cc3c3cc([N+]#[C-])ccc32)c1. The molecule has 0 unspecified atom stereocenters. The quantitative estimate of drug-likeness (QED) is 0.202. The Bertz CT molecular complexity index is 2250. The summed E-state index contributed by atoms with van der Waals surface area (Å²) in [5.41, 5.74) is 10.8. The molecule has 0 bridgehead atoms. The topological polar surface area (TPSA) is 37.4 Å². The van der Waals surface area contributed by atoms with E-state index in [-0.39, 0.29) is 0 Å². The molecule has 0 atom stereocenters. The summed E-state index contributed by atoms with van der Waals surface area (Å²) in [7, 11) is 0. The van der Waals surface area contributed by atoms with E-state index >= 15 is 0 Å². The van der Waals surface area contributed by atoms with Crippen LogP contribution < -0.4 is 0 Å². The zero-order chi connectivity index (χ0) is 29.3. The summed E-state index contributed by atoms with van der Waals surface area (Å²) in [4.78, 5) is 7.45. The molecule has 198 valence electrons. The van der Waals surface area contributed by atoms with Gasteiger partial charge in [-0.1, -0.05) is 72.8 Å². The lowest BCUT2D eigenvalue weighted by Gasteiger charge is -2.13. The summed E-state index contributed by atoms with van der Waals surface area (Å²) >= 11 is 0. The van der Waals surface area contributed by atoms with E-state index in [2.05, 4.69) is 87.1 Å². The molecule has 43 heavy (non-hydrogen) atoms. The van der Waals surface area contributed by atoms with Crippen molar-refractivity contribution >= 4 is 33.2 Å². The second-order valence-electron chi connectivity index (χ2n) is 10.4. The Morgan fingerprint density at radius 1 is 0.488 bits per heavy atom. The Morgan fingerprint density at radius 3 is 1.72 bits per heavy atom. The molecule has 6 aromatic carbocycles. The van der Waals surface area contributed by atoms with Gasteiger partial charge in [0.25, 0.3) is 0 Å². The molecular formula is C39H22N4. The van der Waals surface area contributed by atoms with Crippen LogP contribution in [0.4, 0.5) is 11.4 Å². The molecule has 0 saturated carbocycles. The normalized spacial score (nSPS) is 10.7. The highest BCUT2D eigenvalue weighted by atomic mass is 15.0. The van der Waals surface area contributed by atoms with Crippen molar-refractivity contribution in [3.63, 3.8) is 0 Å². The third kappa shape index (κ3) is 4.58. The number of hydrogen-bond donors (Lipinski definition) is 0. The van der Waals surface area contributed by atoms with Gasteiger partial charge in [0.1, 0.15) is 0 Å². The number of nitrogens with zero attached hydrogens (tertiary/aromatic N) is 4. The molecule has 0 saturated heterocycles. The molecule has 7 aromatic rings. The van der Waals surface area contributed by atoms with Crippen molar-refractivity contribution in [1.29, 1.82) is 5.26 Å². The molecule has 4 heteroatoms. The van der Waals surface area contributed by atoms with E-state index in [4.69, 9.17) is 13.1 Å². The Labute approximate surface area is 249 Å². The van der Waals surface area contributed by atoms with Gasteiger partial charge in [-0.15, -0.1) is 0 Å². The minimum Gasteiger partial charge on any atom is -0.311 e. The lowest BCUT2D eigenvalue weighted by molar-refractivity contribution is 1.18. The standard InChI is InChI=1S/C39H22N4/c1-41-33-15-17-39-37(24-33)36-18-26(25-40)14-16-38(36)43(39)35-22-32(21-34(23-35)42-2)31-13-7-12-30(20-31)29-11-6-10-28(19-29)27-8-4-3-5-9-27/h3-24H. The van der Waals surface area contributed by atoms with E-state index < -0.39 is 0 Å². The summed E-state index contributed by atoms with van der Waals surface area (Å²) in [6.45, 7) is 15.4. The first kappa shape index (κ1) is 25.6. The monoisotopic (exact) mass is 546 g/mol. The molecule has 4 nitrogen and oxygen atoms in total. The van der Waals surface area contributed by atoms with Gasteiger partial charge in [0.2, 0.25) is 0 Å². The van der Waals surface area contributed by atoms with Crippen LogP contribution in [0, 0.1) is 24.5 Å². The highest BCUT2D eigenvalue weighted by molar-refractivity contribution is 6.10. The fourth-order valence-electron chi connectivity index (χ4n) is 5.77. The Balaban J connectivity index is 1.39. The third-order valence-electron chi connectivity index (χ3n) is 7.80. The fourth-order valence-corrected chi connectivity index (χ4v) is 5.77. The first-order chi connectivity index (χ1) is 21.1. The maximum Gasteiger partial charge on any atom is 0.189 e. The van der Waals surface area contributed by atoms with Crippen LogP contribution in [0.15, 0.2) is 133 Å². The van der Waals surface area contributed by atoms with Crippen molar-refractivity contribution in [2.75, 3.05) is 0 Å². The van der Waals surface area contributed by atoms with E-state index in [0.717, 1.165) is 55.3 Å². The number of fused-ring (bicyclic) bond motifs is 3. The molecule has 0 spiro atoms. The summed E-state index contributed by atoms with van der Waals surface area (Å²) in [5, 5.41) is 11.4. The van der Waals surface area contributed by atoms with Gasteiger partial charge in [0.05, 0.1) is 35.8 Å². The van der Waals surface area contributed by atoms with Crippen molar-refractivity contribution < 1.29 is 0 Å². The van der Waals surface area contributed by atoms with Gasteiger partial charge in [-0.2, -0.15) is 5.26 Å². The second-order valence-corrected chi connectivity index (χ2v) is 10.4. The van der Waals surface area contributed by atoms with Crippen LogP contribution in [0.2, 0.25) is 0 Å². The van der Waals surface area contributed by atoms with Crippen molar-refractivity contribution in [2.24, 2.45) is 0 Å². The number of nitriles is 1. The predicted molar refractivity (Wildman–Crippen MR) is 174 cm³/mol. The Kier molecular flexibility index (Phi) is 6.26. The van der Waals surface area contributed by atoms with Crippen LogP contribution in [0.1, 0.15) is 5.56 Å². The molecule has 0 N–H and O–H groups in total. The summed E-state index contributed by atoms with van der Waals surface area (Å²) in [6, 6.07) is 46.7. The molecule has 7 rings (SSSR count). The van der Waals surface area contributed by atoms with E-state index in [1.165, 1.54) is 5.56 Å². The van der Waals surface area contributed by atoms with Crippen LogP contribution >= 0.6 is 0 Å². The minimum atomic E-state index is 0.533. The van der Waals surface area contributed by atoms with Crippen molar-refractivity contribution in [2.45, 2.75) is 0 Å². The molecule has 1 heterocycles. The number of benzene rings is 6. The number of aromatic nitrogens is 1. The molecule has 0 radical (unpaired) electrons. The third-order valence-corrected chi connectivity index (χ3v) is 7.80.